The van der Waals surface area contributed by atoms with Gasteiger partial charge in [0.15, 0.2) is 4.87 Å². The zero-order chi connectivity index (χ0) is 12.2. The first kappa shape index (κ1) is 12.7. The monoisotopic (exact) mass is 315 g/mol. The van der Waals surface area contributed by atoms with E-state index in [9.17, 15) is 4.79 Å². The molecule has 2 nitrogen and oxygen atoms in total. The molecule has 16 heavy (non-hydrogen) atoms. The van der Waals surface area contributed by atoms with Crippen LogP contribution in [0, 0.1) is 5.92 Å². The number of nitrogens with one attached hydrogen (secondary N) is 1. The fourth-order valence-corrected chi connectivity index (χ4v) is 3.71. The molecule has 1 aliphatic carbocycles. The fourth-order valence-electron chi connectivity index (χ4n) is 1.78. The number of hydrogen-bond acceptors (Lipinski definition) is 2. The SMILES string of the molecule is CC1=C(Cl)C2(Cl)C(=O)NC(=S)C2C(Cl)=C1Cl. The highest BCUT2D eigenvalue weighted by Crippen LogP contribution is 2.52. The number of thiocarbonyl (C=S) groups is 1. The Morgan fingerprint density at radius 3 is 2.50 bits per heavy atom. The summed E-state index contributed by atoms with van der Waals surface area (Å²) >= 11 is 29.4. The van der Waals surface area contributed by atoms with Crippen LogP contribution in [0.3, 0.4) is 0 Å². The third kappa shape index (κ3) is 1.39. The van der Waals surface area contributed by atoms with Crippen LogP contribution in [0.15, 0.2) is 20.7 Å². The number of carbonyl (C=O) groups is 1. The summed E-state index contributed by atoms with van der Waals surface area (Å²) < 4.78 is 0. The average Bonchev–Trinajstić information content (AvgIpc) is 2.45. The van der Waals surface area contributed by atoms with E-state index in [1.54, 1.807) is 6.92 Å². The molecule has 7 heteroatoms. The molecule has 0 aromatic carbocycles. The van der Waals surface area contributed by atoms with Crippen LogP contribution >= 0.6 is 58.6 Å². The molecular formula is C9H5Cl4NOS. The number of carbonyl (C=O) groups excluding carboxylic acids is 1. The number of hydrogen-bond donors (Lipinski definition) is 1. The van der Waals surface area contributed by atoms with E-state index in [-0.39, 0.29) is 15.1 Å². The van der Waals surface area contributed by atoms with Gasteiger partial charge >= 0.3 is 0 Å². The Morgan fingerprint density at radius 2 is 1.94 bits per heavy atom. The Balaban J connectivity index is 2.73. The summed E-state index contributed by atoms with van der Waals surface area (Å²) in [5, 5.41) is 3.19. The number of allylic oxidation sites excluding steroid dienone is 2. The van der Waals surface area contributed by atoms with E-state index in [0.717, 1.165) is 0 Å². The van der Waals surface area contributed by atoms with Crippen molar-refractivity contribution >= 4 is 69.5 Å². The number of fused-ring (bicyclic) bond motifs is 1. The molecule has 1 N–H and O–H groups in total. The number of halogens is 4. The van der Waals surface area contributed by atoms with E-state index in [4.69, 9.17) is 58.6 Å². The van der Waals surface area contributed by atoms with Crippen LogP contribution in [0.1, 0.15) is 6.92 Å². The van der Waals surface area contributed by atoms with E-state index in [2.05, 4.69) is 5.32 Å². The maximum atomic E-state index is 11.8. The molecule has 0 spiro atoms. The van der Waals surface area contributed by atoms with Gasteiger partial charge in [-0.25, -0.2) is 0 Å². The zero-order valence-corrected chi connectivity index (χ0v) is 11.7. The minimum Gasteiger partial charge on any atom is -0.318 e. The predicted molar refractivity (Wildman–Crippen MR) is 70.1 cm³/mol. The standard InChI is InChI=1S/C9H5Cl4NOS/c1-2-4(10)5(11)3-7(16)14-8(15)9(3,13)6(2)12/h3H,1H3,(H,14,15,16). The normalized spacial score (nSPS) is 34.4. The number of alkyl halides is 1. The van der Waals surface area contributed by atoms with Crippen molar-refractivity contribution in [2.45, 2.75) is 11.8 Å². The summed E-state index contributed by atoms with van der Waals surface area (Å²) in [7, 11) is 0. The lowest BCUT2D eigenvalue weighted by Gasteiger charge is -2.30. The second kappa shape index (κ2) is 3.85. The minimum atomic E-state index is -1.45. The maximum absolute atomic E-state index is 11.8. The molecule has 1 fully saturated rings. The first-order valence-electron chi connectivity index (χ1n) is 4.28. The van der Waals surface area contributed by atoms with E-state index in [0.29, 0.717) is 10.6 Å². The van der Waals surface area contributed by atoms with E-state index < -0.39 is 16.7 Å². The van der Waals surface area contributed by atoms with Crippen molar-refractivity contribution in [3.8, 4) is 0 Å². The quantitative estimate of drug-likeness (QED) is 0.549. The van der Waals surface area contributed by atoms with Crippen molar-refractivity contribution in [3.05, 3.63) is 20.7 Å². The van der Waals surface area contributed by atoms with Gasteiger partial charge in [-0.1, -0.05) is 47.0 Å². The molecule has 2 atom stereocenters. The van der Waals surface area contributed by atoms with Crippen LogP contribution in [-0.2, 0) is 4.79 Å². The van der Waals surface area contributed by atoms with Gasteiger partial charge in [0.25, 0.3) is 5.91 Å². The van der Waals surface area contributed by atoms with Gasteiger partial charge in [-0.15, -0.1) is 11.6 Å². The van der Waals surface area contributed by atoms with Gasteiger partial charge in [-0.3, -0.25) is 4.79 Å². The molecule has 2 rings (SSSR count). The van der Waals surface area contributed by atoms with Crippen LogP contribution in [0.5, 0.6) is 0 Å². The van der Waals surface area contributed by atoms with Crippen LogP contribution in [0.4, 0.5) is 0 Å². The summed E-state index contributed by atoms with van der Waals surface area (Å²) in [4.78, 5) is 10.6. The van der Waals surface area contributed by atoms with Gasteiger partial charge in [-0.05, 0) is 12.5 Å². The summed E-state index contributed by atoms with van der Waals surface area (Å²) in [5.74, 6) is -1.14. The fraction of sp³-hybridized carbons (Fsp3) is 0.333. The molecule has 2 unspecified atom stereocenters. The highest BCUT2D eigenvalue weighted by Gasteiger charge is 2.58. The molecular weight excluding hydrogens is 312 g/mol. The molecule has 0 saturated carbocycles. The lowest BCUT2D eigenvalue weighted by Crippen LogP contribution is -2.40. The molecule has 1 saturated heterocycles. The van der Waals surface area contributed by atoms with Crippen molar-refractivity contribution < 1.29 is 4.79 Å². The van der Waals surface area contributed by atoms with Crippen LogP contribution in [0.25, 0.3) is 0 Å². The minimum absolute atomic E-state index is 0.172. The van der Waals surface area contributed by atoms with Gasteiger partial charge in [-0.2, -0.15) is 0 Å². The molecule has 86 valence electrons. The number of amides is 1. The Kier molecular flexibility index (Phi) is 3.05. The van der Waals surface area contributed by atoms with Gasteiger partial charge in [0.2, 0.25) is 0 Å². The van der Waals surface area contributed by atoms with Gasteiger partial charge in [0.05, 0.1) is 21.0 Å². The van der Waals surface area contributed by atoms with E-state index in [1.165, 1.54) is 0 Å². The summed E-state index contributed by atoms with van der Waals surface area (Å²) in [5.41, 5.74) is 0.499. The first-order chi connectivity index (χ1) is 7.31. The van der Waals surface area contributed by atoms with Crippen molar-refractivity contribution in [1.82, 2.24) is 5.32 Å². The van der Waals surface area contributed by atoms with Gasteiger partial charge in [0.1, 0.15) is 0 Å². The molecule has 2 aliphatic rings. The summed E-state index contributed by atoms with van der Waals surface area (Å²) in [6.07, 6.45) is 0. The van der Waals surface area contributed by atoms with Crippen molar-refractivity contribution in [1.29, 1.82) is 0 Å². The van der Waals surface area contributed by atoms with Gasteiger partial charge in [0, 0.05) is 5.03 Å². The first-order valence-corrected chi connectivity index (χ1v) is 6.20. The van der Waals surface area contributed by atoms with Crippen molar-refractivity contribution in [2.75, 3.05) is 0 Å². The molecule has 0 bridgehead atoms. The smallest absolute Gasteiger partial charge is 0.252 e. The Hall–Kier alpha value is 0.200. The third-order valence-corrected chi connectivity index (χ3v) is 5.25. The third-order valence-electron chi connectivity index (χ3n) is 2.67. The second-order valence-electron chi connectivity index (χ2n) is 3.56. The molecule has 1 aliphatic heterocycles. The van der Waals surface area contributed by atoms with E-state index >= 15 is 0 Å². The molecule has 1 amide bonds. The zero-order valence-electron chi connectivity index (χ0n) is 7.91. The number of rotatable bonds is 0. The second-order valence-corrected chi connectivity index (χ2v) is 5.76. The average molecular weight is 317 g/mol. The lowest BCUT2D eigenvalue weighted by molar-refractivity contribution is -0.120. The molecule has 0 aromatic heterocycles. The summed E-state index contributed by atoms with van der Waals surface area (Å²) in [6.45, 7) is 1.65. The topological polar surface area (TPSA) is 29.1 Å². The maximum Gasteiger partial charge on any atom is 0.252 e. The molecule has 1 heterocycles. The van der Waals surface area contributed by atoms with Crippen LogP contribution in [0.2, 0.25) is 0 Å². The van der Waals surface area contributed by atoms with Crippen molar-refractivity contribution in [2.24, 2.45) is 5.92 Å². The van der Waals surface area contributed by atoms with Crippen LogP contribution in [-0.4, -0.2) is 15.8 Å². The molecule has 0 aromatic rings. The predicted octanol–water partition coefficient (Wildman–Crippen LogP) is 3.25. The highest BCUT2D eigenvalue weighted by atomic mass is 35.5. The van der Waals surface area contributed by atoms with Gasteiger partial charge < -0.3 is 5.32 Å². The lowest BCUT2D eigenvalue weighted by atomic mass is 9.86. The van der Waals surface area contributed by atoms with Crippen LogP contribution < -0.4 is 5.32 Å². The summed E-state index contributed by atoms with van der Waals surface area (Å²) in [6, 6.07) is 0. The van der Waals surface area contributed by atoms with E-state index in [1.807, 2.05) is 0 Å². The van der Waals surface area contributed by atoms with Crippen molar-refractivity contribution in [3.63, 3.8) is 0 Å². The Bertz CT molecular complexity index is 484. The Morgan fingerprint density at radius 1 is 1.38 bits per heavy atom. The highest BCUT2D eigenvalue weighted by molar-refractivity contribution is 7.80. The largest absolute Gasteiger partial charge is 0.318 e. The Labute approximate surface area is 118 Å². The molecule has 0 radical (unpaired) electrons.